The van der Waals surface area contributed by atoms with E-state index >= 15 is 0 Å². The highest BCUT2D eigenvalue weighted by molar-refractivity contribution is 5.67. The summed E-state index contributed by atoms with van der Waals surface area (Å²) in [7, 11) is 0. The van der Waals surface area contributed by atoms with Gasteiger partial charge in [0.05, 0.1) is 12.1 Å². The average molecular weight is 315 g/mol. The molecule has 23 heavy (non-hydrogen) atoms. The molecule has 1 aliphatic carbocycles. The van der Waals surface area contributed by atoms with E-state index in [2.05, 4.69) is 10.4 Å². The highest BCUT2D eigenvalue weighted by Crippen LogP contribution is 2.27. The maximum absolute atomic E-state index is 11.9. The van der Waals surface area contributed by atoms with Gasteiger partial charge in [-0.05, 0) is 30.4 Å². The summed E-state index contributed by atoms with van der Waals surface area (Å²) in [6.07, 6.45) is 3.99. The SMILES string of the molecule is O=C(N[C@@H]1CC(Cn2cccn2)C[C@H]1O)OCc1ccccc1. The normalized spacial score (nSPS) is 23.6. The standard InChI is InChI=1S/C17H21N3O3/c21-16-10-14(11-20-8-4-7-18-20)9-15(16)19-17(22)23-12-13-5-2-1-3-6-13/h1-8,14-16,21H,9-12H2,(H,19,22)/t14?,15-,16-/m1/s1. The first-order valence-corrected chi connectivity index (χ1v) is 7.83. The number of nitrogens with one attached hydrogen (secondary N) is 1. The molecule has 3 rings (SSSR count). The van der Waals surface area contributed by atoms with Gasteiger partial charge in [-0.1, -0.05) is 30.3 Å². The van der Waals surface area contributed by atoms with Crippen LogP contribution in [0.1, 0.15) is 18.4 Å². The van der Waals surface area contributed by atoms with Crippen molar-refractivity contribution in [3.63, 3.8) is 0 Å². The van der Waals surface area contributed by atoms with Crippen molar-refractivity contribution in [1.29, 1.82) is 0 Å². The van der Waals surface area contributed by atoms with Crippen molar-refractivity contribution < 1.29 is 14.6 Å². The van der Waals surface area contributed by atoms with Crippen LogP contribution in [0.25, 0.3) is 0 Å². The zero-order valence-corrected chi connectivity index (χ0v) is 12.8. The second-order valence-corrected chi connectivity index (χ2v) is 5.95. The van der Waals surface area contributed by atoms with Gasteiger partial charge in [-0.3, -0.25) is 4.68 Å². The van der Waals surface area contributed by atoms with Gasteiger partial charge in [-0.25, -0.2) is 4.79 Å². The van der Waals surface area contributed by atoms with Crippen LogP contribution >= 0.6 is 0 Å². The summed E-state index contributed by atoms with van der Waals surface area (Å²) in [6, 6.07) is 11.1. The van der Waals surface area contributed by atoms with Crippen molar-refractivity contribution in [1.82, 2.24) is 15.1 Å². The van der Waals surface area contributed by atoms with Crippen molar-refractivity contribution >= 4 is 6.09 Å². The summed E-state index contributed by atoms with van der Waals surface area (Å²) in [5.74, 6) is 0.296. The topological polar surface area (TPSA) is 76.4 Å². The molecule has 1 saturated carbocycles. The summed E-state index contributed by atoms with van der Waals surface area (Å²) in [5.41, 5.74) is 0.936. The van der Waals surface area contributed by atoms with E-state index in [1.54, 1.807) is 6.20 Å². The monoisotopic (exact) mass is 315 g/mol. The highest BCUT2D eigenvalue weighted by Gasteiger charge is 2.34. The maximum Gasteiger partial charge on any atom is 0.407 e. The third-order valence-corrected chi connectivity index (χ3v) is 4.15. The van der Waals surface area contributed by atoms with Crippen molar-refractivity contribution in [2.45, 2.75) is 38.1 Å². The number of carbonyl (C=O) groups excluding carboxylic acids is 1. The number of nitrogens with zero attached hydrogens (tertiary/aromatic N) is 2. The van der Waals surface area contributed by atoms with E-state index in [-0.39, 0.29) is 12.6 Å². The van der Waals surface area contributed by atoms with Gasteiger partial charge in [0.25, 0.3) is 0 Å². The van der Waals surface area contributed by atoms with E-state index < -0.39 is 12.2 Å². The fourth-order valence-corrected chi connectivity index (χ4v) is 3.01. The molecule has 0 saturated heterocycles. The Morgan fingerprint density at radius 2 is 2.13 bits per heavy atom. The molecule has 1 fully saturated rings. The van der Waals surface area contributed by atoms with Crippen LogP contribution in [0.15, 0.2) is 48.8 Å². The molecule has 122 valence electrons. The van der Waals surface area contributed by atoms with Crippen LogP contribution in [0.5, 0.6) is 0 Å². The number of ether oxygens (including phenoxy) is 1. The van der Waals surface area contributed by atoms with Crippen LogP contribution in [0.2, 0.25) is 0 Å². The van der Waals surface area contributed by atoms with Gasteiger partial charge >= 0.3 is 6.09 Å². The Bertz CT molecular complexity index is 615. The van der Waals surface area contributed by atoms with Crippen LogP contribution in [0, 0.1) is 5.92 Å². The van der Waals surface area contributed by atoms with Crippen LogP contribution in [-0.4, -0.2) is 33.1 Å². The number of alkyl carbamates (subject to hydrolysis) is 1. The van der Waals surface area contributed by atoms with Crippen molar-refractivity contribution in [3.05, 3.63) is 54.4 Å². The van der Waals surface area contributed by atoms with Gasteiger partial charge in [0.1, 0.15) is 6.61 Å². The number of hydrogen-bond acceptors (Lipinski definition) is 4. The number of rotatable bonds is 5. The minimum atomic E-state index is -0.542. The first-order valence-electron chi connectivity index (χ1n) is 7.83. The van der Waals surface area contributed by atoms with Crippen LogP contribution < -0.4 is 5.32 Å². The molecule has 2 N–H and O–H groups in total. The number of carbonyl (C=O) groups is 1. The third-order valence-electron chi connectivity index (χ3n) is 4.15. The molecule has 0 radical (unpaired) electrons. The second kappa shape index (κ2) is 7.28. The van der Waals surface area contributed by atoms with E-state index in [4.69, 9.17) is 4.74 Å². The van der Waals surface area contributed by atoms with Crippen molar-refractivity contribution in [2.24, 2.45) is 5.92 Å². The predicted octanol–water partition coefficient (Wildman–Crippen LogP) is 1.95. The Morgan fingerprint density at radius 1 is 1.30 bits per heavy atom. The fourth-order valence-electron chi connectivity index (χ4n) is 3.01. The number of aromatic nitrogens is 2. The molecular weight excluding hydrogens is 294 g/mol. The molecule has 1 aromatic carbocycles. The molecule has 1 heterocycles. The van der Waals surface area contributed by atoms with E-state index in [1.165, 1.54) is 0 Å². The summed E-state index contributed by atoms with van der Waals surface area (Å²) in [6.45, 7) is 0.980. The molecule has 1 aromatic heterocycles. The highest BCUT2D eigenvalue weighted by atomic mass is 16.5. The lowest BCUT2D eigenvalue weighted by atomic mass is 10.1. The summed E-state index contributed by atoms with van der Waals surface area (Å²) in [5, 5.41) is 17.1. The molecule has 0 bridgehead atoms. The Hall–Kier alpha value is -2.34. The van der Waals surface area contributed by atoms with Crippen molar-refractivity contribution in [2.75, 3.05) is 0 Å². The fraction of sp³-hybridized carbons (Fsp3) is 0.412. The van der Waals surface area contributed by atoms with Crippen molar-refractivity contribution in [3.8, 4) is 0 Å². The zero-order valence-electron chi connectivity index (χ0n) is 12.8. The van der Waals surface area contributed by atoms with E-state index in [0.717, 1.165) is 18.5 Å². The summed E-state index contributed by atoms with van der Waals surface area (Å²) >= 11 is 0. The molecule has 2 aromatic rings. The zero-order chi connectivity index (χ0) is 16.1. The first-order chi connectivity index (χ1) is 11.2. The third kappa shape index (κ3) is 4.32. The van der Waals surface area contributed by atoms with Crippen LogP contribution in [0.4, 0.5) is 4.79 Å². The molecule has 0 spiro atoms. The first kappa shape index (κ1) is 15.6. The smallest absolute Gasteiger partial charge is 0.407 e. The Labute approximate surface area is 135 Å². The second-order valence-electron chi connectivity index (χ2n) is 5.95. The van der Waals surface area contributed by atoms with Gasteiger partial charge in [-0.2, -0.15) is 5.10 Å². The Balaban J connectivity index is 1.45. The minimum absolute atomic E-state index is 0.228. The number of aliphatic hydroxyl groups excluding tert-OH is 1. The van der Waals surface area contributed by atoms with Gasteiger partial charge in [0, 0.05) is 18.9 Å². The van der Waals surface area contributed by atoms with E-state index in [0.29, 0.717) is 12.3 Å². The molecule has 0 aliphatic heterocycles. The van der Waals surface area contributed by atoms with E-state index in [9.17, 15) is 9.90 Å². The number of benzene rings is 1. The van der Waals surface area contributed by atoms with Gasteiger partial charge in [0.2, 0.25) is 0 Å². The minimum Gasteiger partial charge on any atom is -0.445 e. The largest absolute Gasteiger partial charge is 0.445 e. The lowest BCUT2D eigenvalue weighted by molar-refractivity contribution is 0.112. The molecule has 6 nitrogen and oxygen atoms in total. The molecular formula is C17H21N3O3. The van der Waals surface area contributed by atoms with Gasteiger partial charge in [-0.15, -0.1) is 0 Å². The quantitative estimate of drug-likeness (QED) is 0.884. The van der Waals surface area contributed by atoms with Gasteiger partial charge in [0.15, 0.2) is 0 Å². The summed E-state index contributed by atoms with van der Waals surface area (Å²) < 4.78 is 7.06. The average Bonchev–Trinajstić information content (AvgIpc) is 3.17. The number of hydrogen-bond donors (Lipinski definition) is 2. The molecule has 1 amide bonds. The molecule has 6 heteroatoms. The number of amides is 1. The molecule has 1 aliphatic rings. The maximum atomic E-state index is 11.9. The Kier molecular flexibility index (Phi) is 4.92. The van der Waals surface area contributed by atoms with Crippen LogP contribution in [0.3, 0.4) is 0 Å². The van der Waals surface area contributed by atoms with Gasteiger partial charge < -0.3 is 15.2 Å². The van der Waals surface area contributed by atoms with Crippen LogP contribution in [-0.2, 0) is 17.9 Å². The van der Waals surface area contributed by atoms with E-state index in [1.807, 2.05) is 47.3 Å². The molecule has 3 atom stereocenters. The number of aliphatic hydroxyl groups is 1. The Morgan fingerprint density at radius 3 is 2.87 bits per heavy atom. The lowest BCUT2D eigenvalue weighted by Gasteiger charge is -2.16. The molecule has 1 unspecified atom stereocenters. The predicted molar refractivity (Wildman–Crippen MR) is 84.5 cm³/mol. The lowest BCUT2D eigenvalue weighted by Crippen LogP contribution is -2.40. The summed E-state index contributed by atoms with van der Waals surface area (Å²) in [4.78, 5) is 11.9.